The van der Waals surface area contributed by atoms with Crippen LogP contribution in [0.3, 0.4) is 0 Å². The van der Waals surface area contributed by atoms with E-state index in [1.165, 1.54) is 23.5 Å². The van der Waals surface area contributed by atoms with Crippen LogP contribution in [0.25, 0.3) is 10.6 Å². The van der Waals surface area contributed by atoms with Gasteiger partial charge in [0, 0.05) is 49.8 Å². The predicted octanol–water partition coefficient (Wildman–Crippen LogP) is 3.62. The number of pyridine rings is 1. The number of anilines is 1. The van der Waals surface area contributed by atoms with E-state index in [0.717, 1.165) is 35.0 Å². The normalized spacial score (nSPS) is 14.4. The van der Waals surface area contributed by atoms with Gasteiger partial charge in [-0.1, -0.05) is 0 Å². The summed E-state index contributed by atoms with van der Waals surface area (Å²) in [5.41, 5.74) is 2.72. The Bertz CT molecular complexity index is 934. The number of benzene rings is 1. The van der Waals surface area contributed by atoms with E-state index in [1.807, 2.05) is 24.0 Å². The summed E-state index contributed by atoms with van der Waals surface area (Å²) in [4.78, 5) is 26.3. The van der Waals surface area contributed by atoms with Crippen molar-refractivity contribution >= 4 is 22.9 Å². The van der Waals surface area contributed by atoms with E-state index in [9.17, 15) is 9.18 Å². The van der Waals surface area contributed by atoms with Crippen molar-refractivity contribution in [2.75, 3.05) is 31.1 Å². The standard InChI is InChI=1S/C20H19FN4OS/c1-14-18(27-19(23-14)15-6-8-22-9-7-15)20(26)25-12-10-24(11-13-25)17-4-2-16(21)3-5-17/h2-9H,10-13H2,1H3. The van der Waals surface area contributed by atoms with Crippen molar-refractivity contribution < 1.29 is 9.18 Å². The Labute approximate surface area is 161 Å². The van der Waals surface area contributed by atoms with Gasteiger partial charge >= 0.3 is 0 Å². The molecule has 1 aliphatic rings. The summed E-state index contributed by atoms with van der Waals surface area (Å²) in [5.74, 6) is -0.206. The number of nitrogens with zero attached hydrogens (tertiary/aromatic N) is 4. The van der Waals surface area contributed by atoms with Gasteiger partial charge in [-0.3, -0.25) is 9.78 Å². The van der Waals surface area contributed by atoms with E-state index in [0.29, 0.717) is 18.0 Å². The van der Waals surface area contributed by atoms with Crippen molar-refractivity contribution in [1.82, 2.24) is 14.9 Å². The summed E-state index contributed by atoms with van der Waals surface area (Å²) in [6, 6.07) is 10.3. The molecule has 0 unspecified atom stereocenters. The van der Waals surface area contributed by atoms with Crippen LogP contribution in [0.2, 0.25) is 0 Å². The summed E-state index contributed by atoms with van der Waals surface area (Å²) in [7, 11) is 0. The lowest BCUT2D eigenvalue weighted by molar-refractivity contribution is 0.0750. The monoisotopic (exact) mass is 382 g/mol. The van der Waals surface area contributed by atoms with Crippen molar-refractivity contribution in [2.45, 2.75) is 6.92 Å². The number of hydrogen-bond donors (Lipinski definition) is 0. The number of piperazine rings is 1. The molecule has 3 aromatic rings. The molecule has 1 amide bonds. The minimum absolute atomic E-state index is 0.0315. The van der Waals surface area contributed by atoms with E-state index in [1.54, 1.807) is 24.5 Å². The molecule has 3 heterocycles. The topological polar surface area (TPSA) is 49.3 Å². The Morgan fingerprint density at radius 1 is 1.04 bits per heavy atom. The molecular weight excluding hydrogens is 363 g/mol. The molecule has 0 atom stereocenters. The number of carbonyl (C=O) groups is 1. The Hall–Kier alpha value is -2.80. The van der Waals surface area contributed by atoms with Crippen molar-refractivity contribution in [3.05, 3.63) is 65.2 Å². The molecule has 0 N–H and O–H groups in total. The van der Waals surface area contributed by atoms with Crippen LogP contribution in [0.15, 0.2) is 48.8 Å². The molecule has 1 aliphatic heterocycles. The van der Waals surface area contributed by atoms with Crippen molar-refractivity contribution in [1.29, 1.82) is 0 Å². The minimum Gasteiger partial charge on any atom is -0.368 e. The van der Waals surface area contributed by atoms with Crippen molar-refractivity contribution in [3.63, 3.8) is 0 Å². The van der Waals surface area contributed by atoms with Gasteiger partial charge < -0.3 is 9.80 Å². The van der Waals surface area contributed by atoms with Crippen LogP contribution in [-0.4, -0.2) is 47.0 Å². The highest BCUT2D eigenvalue weighted by atomic mass is 32.1. The molecule has 138 valence electrons. The number of thiazole rings is 1. The second-order valence-electron chi connectivity index (χ2n) is 6.43. The third-order valence-corrected chi connectivity index (χ3v) is 5.87. The zero-order chi connectivity index (χ0) is 18.8. The molecular formula is C20H19FN4OS. The van der Waals surface area contributed by atoms with Gasteiger partial charge in [0.05, 0.1) is 5.69 Å². The van der Waals surface area contributed by atoms with E-state index in [2.05, 4.69) is 14.9 Å². The van der Waals surface area contributed by atoms with Crippen LogP contribution < -0.4 is 4.90 Å². The van der Waals surface area contributed by atoms with Crippen LogP contribution >= 0.6 is 11.3 Å². The molecule has 0 radical (unpaired) electrons. The van der Waals surface area contributed by atoms with Crippen LogP contribution in [0, 0.1) is 12.7 Å². The summed E-state index contributed by atoms with van der Waals surface area (Å²) in [6.07, 6.45) is 3.45. The fourth-order valence-corrected chi connectivity index (χ4v) is 4.22. The summed E-state index contributed by atoms with van der Waals surface area (Å²) in [5, 5.41) is 0.836. The Morgan fingerprint density at radius 3 is 2.37 bits per heavy atom. The Balaban J connectivity index is 1.45. The molecule has 0 saturated carbocycles. The van der Waals surface area contributed by atoms with E-state index in [4.69, 9.17) is 0 Å². The van der Waals surface area contributed by atoms with E-state index < -0.39 is 0 Å². The quantitative estimate of drug-likeness (QED) is 0.694. The molecule has 27 heavy (non-hydrogen) atoms. The first-order valence-corrected chi connectivity index (χ1v) is 9.61. The molecule has 1 aromatic carbocycles. The number of aromatic nitrogens is 2. The fourth-order valence-electron chi connectivity index (χ4n) is 3.18. The molecule has 4 rings (SSSR count). The van der Waals surface area contributed by atoms with Crippen molar-refractivity contribution in [3.8, 4) is 10.6 Å². The van der Waals surface area contributed by atoms with Crippen LogP contribution in [0.5, 0.6) is 0 Å². The lowest BCUT2D eigenvalue weighted by Crippen LogP contribution is -2.48. The first kappa shape index (κ1) is 17.6. The number of amides is 1. The van der Waals surface area contributed by atoms with Gasteiger partial charge in [-0.05, 0) is 43.3 Å². The molecule has 2 aromatic heterocycles. The second kappa shape index (κ2) is 7.44. The zero-order valence-corrected chi connectivity index (χ0v) is 15.7. The average molecular weight is 382 g/mol. The molecule has 0 aliphatic carbocycles. The highest BCUT2D eigenvalue weighted by Crippen LogP contribution is 2.29. The van der Waals surface area contributed by atoms with E-state index >= 15 is 0 Å². The smallest absolute Gasteiger partial charge is 0.265 e. The molecule has 7 heteroatoms. The first-order valence-electron chi connectivity index (χ1n) is 8.79. The van der Waals surface area contributed by atoms with Gasteiger partial charge in [0.15, 0.2) is 0 Å². The average Bonchev–Trinajstić information content (AvgIpc) is 3.10. The summed E-state index contributed by atoms with van der Waals surface area (Å²) < 4.78 is 13.1. The van der Waals surface area contributed by atoms with Gasteiger partial charge in [-0.2, -0.15) is 0 Å². The molecule has 0 bridgehead atoms. The third kappa shape index (κ3) is 3.68. The molecule has 5 nitrogen and oxygen atoms in total. The van der Waals surface area contributed by atoms with E-state index in [-0.39, 0.29) is 11.7 Å². The van der Waals surface area contributed by atoms with Gasteiger partial charge in [0.25, 0.3) is 5.91 Å². The zero-order valence-electron chi connectivity index (χ0n) is 14.9. The maximum absolute atomic E-state index is 13.1. The fraction of sp³-hybridized carbons (Fsp3) is 0.250. The number of carbonyl (C=O) groups excluding carboxylic acids is 1. The van der Waals surface area contributed by atoms with Gasteiger partial charge in [-0.25, -0.2) is 9.37 Å². The molecule has 0 spiro atoms. The van der Waals surface area contributed by atoms with Crippen LogP contribution in [0.4, 0.5) is 10.1 Å². The summed E-state index contributed by atoms with van der Waals surface area (Å²) in [6.45, 7) is 4.61. The maximum atomic E-state index is 13.1. The molecule has 1 saturated heterocycles. The van der Waals surface area contributed by atoms with Gasteiger partial charge in [0.1, 0.15) is 15.7 Å². The van der Waals surface area contributed by atoms with Crippen LogP contribution in [0.1, 0.15) is 15.4 Å². The van der Waals surface area contributed by atoms with Crippen molar-refractivity contribution in [2.24, 2.45) is 0 Å². The predicted molar refractivity (Wildman–Crippen MR) is 105 cm³/mol. The lowest BCUT2D eigenvalue weighted by Gasteiger charge is -2.36. The van der Waals surface area contributed by atoms with Gasteiger partial charge in [0.2, 0.25) is 0 Å². The van der Waals surface area contributed by atoms with Crippen LogP contribution in [-0.2, 0) is 0 Å². The molecule has 1 fully saturated rings. The summed E-state index contributed by atoms with van der Waals surface area (Å²) >= 11 is 1.43. The number of halogens is 1. The lowest BCUT2D eigenvalue weighted by atomic mass is 10.2. The minimum atomic E-state index is -0.238. The first-order chi connectivity index (χ1) is 13.1. The van der Waals surface area contributed by atoms with Gasteiger partial charge in [-0.15, -0.1) is 11.3 Å². The third-order valence-electron chi connectivity index (χ3n) is 4.68. The second-order valence-corrected chi connectivity index (χ2v) is 7.42. The SMILES string of the molecule is Cc1nc(-c2ccncc2)sc1C(=O)N1CCN(c2ccc(F)cc2)CC1. The largest absolute Gasteiger partial charge is 0.368 e. The number of rotatable bonds is 3. The number of hydrogen-bond acceptors (Lipinski definition) is 5. The highest BCUT2D eigenvalue weighted by Gasteiger charge is 2.25. The maximum Gasteiger partial charge on any atom is 0.265 e. The Kier molecular flexibility index (Phi) is 4.85. The number of aryl methyl sites for hydroxylation is 1. The Morgan fingerprint density at radius 2 is 1.70 bits per heavy atom. The highest BCUT2D eigenvalue weighted by molar-refractivity contribution is 7.17.